The van der Waals surface area contributed by atoms with Gasteiger partial charge in [0.15, 0.2) is 0 Å². The minimum Gasteiger partial charge on any atom is -0.379 e. The molecule has 0 amide bonds. The van der Waals surface area contributed by atoms with Gasteiger partial charge < -0.3 is 14.8 Å². The fraction of sp³-hybridized carbons (Fsp3) is 1.00. The van der Waals surface area contributed by atoms with E-state index in [1.54, 1.807) is 0 Å². The molecule has 19 heavy (non-hydrogen) atoms. The lowest BCUT2D eigenvalue weighted by Gasteiger charge is -2.37. The first-order chi connectivity index (χ1) is 9.20. The van der Waals surface area contributed by atoms with E-state index in [4.69, 9.17) is 9.47 Å². The number of hydrogen-bond donors (Lipinski definition) is 1. The molecule has 0 bridgehead atoms. The maximum Gasteiger partial charge on any atom is 0.0807 e. The summed E-state index contributed by atoms with van der Waals surface area (Å²) in [6.07, 6.45) is 9.16. The molecule has 0 aliphatic heterocycles. The van der Waals surface area contributed by atoms with E-state index in [0.717, 1.165) is 32.4 Å². The van der Waals surface area contributed by atoms with Crippen molar-refractivity contribution in [3.8, 4) is 0 Å². The molecule has 3 heteroatoms. The minimum atomic E-state index is 0.0992. The highest BCUT2D eigenvalue weighted by Crippen LogP contribution is 2.32. The molecule has 0 unspecified atom stereocenters. The Morgan fingerprint density at radius 1 is 1.11 bits per heavy atom. The Hall–Kier alpha value is -0.120. The molecule has 0 atom stereocenters. The first kappa shape index (κ1) is 15.3. The predicted octanol–water partition coefficient (Wildman–Crippen LogP) is 3.13. The van der Waals surface area contributed by atoms with Crippen molar-refractivity contribution in [3.63, 3.8) is 0 Å². The molecule has 2 saturated carbocycles. The van der Waals surface area contributed by atoms with Crippen molar-refractivity contribution in [3.05, 3.63) is 0 Å². The van der Waals surface area contributed by atoms with Crippen molar-refractivity contribution < 1.29 is 9.47 Å². The molecule has 0 saturated heterocycles. The molecule has 1 N–H and O–H groups in total. The van der Waals surface area contributed by atoms with E-state index in [1.807, 2.05) is 0 Å². The quantitative estimate of drug-likeness (QED) is 0.652. The zero-order chi connectivity index (χ0) is 13.6. The summed E-state index contributed by atoms with van der Waals surface area (Å²) in [5.74, 6) is 0.611. The summed E-state index contributed by atoms with van der Waals surface area (Å²) < 4.78 is 11.9. The van der Waals surface area contributed by atoms with Gasteiger partial charge in [0.2, 0.25) is 0 Å². The molecule has 2 aliphatic carbocycles. The molecule has 112 valence electrons. The van der Waals surface area contributed by atoms with Gasteiger partial charge in [-0.05, 0) is 31.6 Å². The smallest absolute Gasteiger partial charge is 0.0807 e. The third kappa shape index (κ3) is 5.80. The highest BCUT2D eigenvalue weighted by atomic mass is 16.5. The van der Waals surface area contributed by atoms with Crippen LogP contribution in [0.4, 0.5) is 0 Å². The second-order valence-electron chi connectivity index (χ2n) is 6.72. The van der Waals surface area contributed by atoms with Crippen molar-refractivity contribution in [2.45, 2.75) is 70.4 Å². The molecule has 0 radical (unpaired) electrons. The maximum atomic E-state index is 6.24. The Labute approximate surface area is 118 Å². The zero-order valence-electron chi connectivity index (χ0n) is 12.7. The normalized spacial score (nSPS) is 22.9. The van der Waals surface area contributed by atoms with E-state index in [9.17, 15) is 0 Å². The number of nitrogens with one attached hydrogen (secondary N) is 1. The van der Waals surface area contributed by atoms with Gasteiger partial charge in [-0.1, -0.05) is 33.1 Å². The van der Waals surface area contributed by atoms with Gasteiger partial charge in [0.25, 0.3) is 0 Å². The molecule has 2 rings (SSSR count). The summed E-state index contributed by atoms with van der Waals surface area (Å²) in [6.45, 7) is 7.74. The van der Waals surface area contributed by atoms with Gasteiger partial charge in [0.05, 0.1) is 18.8 Å². The first-order valence-corrected chi connectivity index (χ1v) is 8.15. The van der Waals surface area contributed by atoms with Crippen LogP contribution in [0.25, 0.3) is 0 Å². The van der Waals surface area contributed by atoms with E-state index in [-0.39, 0.29) is 5.60 Å². The summed E-state index contributed by atoms with van der Waals surface area (Å²) in [7, 11) is 0. The number of rotatable bonds is 9. The van der Waals surface area contributed by atoms with Gasteiger partial charge in [-0.3, -0.25) is 0 Å². The number of ether oxygens (including phenoxy) is 2. The van der Waals surface area contributed by atoms with E-state index >= 15 is 0 Å². The summed E-state index contributed by atoms with van der Waals surface area (Å²) in [5.41, 5.74) is 0.0992. The second kappa shape index (κ2) is 7.61. The van der Waals surface area contributed by atoms with Crippen LogP contribution in [-0.2, 0) is 9.47 Å². The van der Waals surface area contributed by atoms with Crippen molar-refractivity contribution in [2.24, 2.45) is 5.92 Å². The van der Waals surface area contributed by atoms with Crippen molar-refractivity contribution >= 4 is 0 Å². The largest absolute Gasteiger partial charge is 0.379 e. The molecule has 0 aromatic rings. The molecular weight excluding hydrogens is 238 g/mol. The van der Waals surface area contributed by atoms with Gasteiger partial charge in [-0.25, -0.2) is 0 Å². The van der Waals surface area contributed by atoms with Gasteiger partial charge in [-0.15, -0.1) is 0 Å². The van der Waals surface area contributed by atoms with Gasteiger partial charge >= 0.3 is 0 Å². The molecule has 0 heterocycles. The lowest BCUT2D eigenvalue weighted by Crippen LogP contribution is -2.46. The lowest BCUT2D eigenvalue weighted by molar-refractivity contribution is -0.0877. The fourth-order valence-corrected chi connectivity index (χ4v) is 2.82. The van der Waals surface area contributed by atoms with E-state index < -0.39 is 0 Å². The van der Waals surface area contributed by atoms with Crippen molar-refractivity contribution in [1.29, 1.82) is 0 Å². The van der Waals surface area contributed by atoms with Crippen LogP contribution in [0, 0.1) is 5.92 Å². The lowest BCUT2D eigenvalue weighted by atomic mass is 9.84. The van der Waals surface area contributed by atoms with E-state index in [0.29, 0.717) is 5.92 Å². The first-order valence-electron chi connectivity index (χ1n) is 8.15. The summed E-state index contributed by atoms with van der Waals surface area (Å²) >= 11 is 0. The Morgan fingerprint density at radius 3 is 2.47 bits per heavy atom. The SMILES string of the molecule is CC(C)COCCOC1(CNC2CC2)CCCCC1. The van der Waals surface area contributed by atoms with E-state index in [1.165, 1.54) is 44.9 Å². The molecule has 0 spiro atoms. The van der Waals surface area contributed by atoms with Crippen molar-refractivity contribution in [1.82, 2.24) is 5.32 Å². The molecular formula is C16H31NO2. The van der Waals surface area contributed by atoms with Crippen LogP contribution in [0.5, 0.6) is 0 Å². The topological polar surface area (TPSA) is 30.5 Å². The van der Waals surface area contributed by atoms with Gasteiger partial charge in [-0.2, -0.15) is 0 Å². The molecule has 3 nitrogen and oxygen atoms in total. The molecule has 2 fully saturated rings. The van der Waals surface area contributed by atoms with Crippen LogP contribution in [0.15, 0.2) is 0 Å². The van der Waals surface area contributed by atoms with Crippen LogP contribution < -0.4 is 5.32 Å². The maximum absolute atomic E-state index is 6.24. The van der Waals surface area contributed by atoms with Crippen LogP contribution in [-0.4, -0.2) is 38.0 Å². The van der Waals surface area contributed by atoms with Crippen molar-refractivity contribution in [2.75, 3.05) is 26.4 Å². The van der Waals surface area contributed by atoms with Crippen LogP contribution in [0.2, 0.25) is 0 Å². The Bertz CT molecular complexity index is 245. The highest BCUT2D eigenvalue weighted by molar-refractivity contribution is 4.91. The van der Waals surface area contributed by atoms with Gasteiger partial charge in [0.1, 0.15) is 0 Å². The summed E-state index contributed by atoms with van der Waals surface area (Å²) in [6, 6.07) is 0.777. The third-order valence-corrected chi connectivity index (χ3v) is 4.14. The zero-order valence-corrected chi connectivity index (χ0v) is 12.7. The molecule has 0 aromatic carbocycles. The Kier molecular flexibility index (Phi) is 6.11. The second-order valence-corrected chi connectivity index (χ2v) is 6.72. The van der Waals surface area contributed by atoms with E-state index in [2.05, 4.69) is 19.2 Å². The predicted molar refractivity (Wildman–Crippen MR) is 78.4 cm³/mol. The Morgan fingerprint density at radius 2 is 1.84 bits per heavy atom. The minimum absolute atomic E-state index is 0.0992. The number of hydrogen-bond acceptors (Lipinski definition) is 3. The monoisotopic (exact) mass is 269 g/mol. The Balaban J connectivity index is 1.66. The van der Waals surface area contributed by atoms with Gasteiger partial charge in [0, 0.05) is 19.2 Å². The van der Waals surface area contributed by atoms with Crippen LogP contribution >= 0.6 is 0 Å². The molecule has 0 aromatic heterocycles. The van der Waals surface area contributed by atoms with Crippen LogP contribution in [0.3, 0.4) is 0 Å². The van der Waals surface area contributed by atoms with Crippen LogP contribution in [0.1, 0.15) is 58.8 Å². The fourth-order valence-electron chi connectivity index (χ4n) is 2.82. The summed E-state index contributed by atoms with van der Waals surface area (Å²) in [4.78, 5) is 0. The summed E-state index contributed by atoms with van der Waals surface area (Å²) in [5, 5.41) is 3.66. The highest BCUT2D eigenvalue weighted by Gasteiger charge is 2.34. The third-order valence-electron chi connectivity index (χ3n) is 4.14. The average Bonchev–Trinajstić information content (AvgIpc) is 3.21. The standard InChI is InChI=1S/C16H31NO2/c1-14(2)12-18-10-11-19-16(8-4-3-5-9-16)13-17-15-6-7-15/h14-15,17H,3-13H2,1-2H3. The average molecular weight is 269 g/mol. The molecule has 2 aliphatic rings.